The van der Waals surface area contributed by atoms with Crippen molar-refractivity contribution in [2.24, 2.45) is 0 Å². The Morgan fingerprint density at radius 2 is 1.85 bits per heavy atom. The number of carbonyl (C=O) groups is 1. The fourth-order valence-electron chi connectivity index (χ4n) is 1.17. The summed E-state index contributed by atoms with van der Waals surface area (Å²) in [6, 6.07) is 0.871. The maximum atomic E-state index is 10.7. The lowest BCUT2D eigenvalue weighted by Gasteiger charge is -2.21. The van der Waals surface area contributed by atoms with Crippen LogP contribution in [0, 0.1) is 0 Å². The Morgan fingerprint density at radius 1 is 1.31 bits per heavy atom. The highest BCUT2D eigenvalue weighted by molar-refractivity contribution is 5.73. The molecule has 0 fully saturated rings. The number of rotatable bonds is 5. The summed E-state index contributed by atoms with van der Waals surface area (Å²) in [6.45, 7) is 5.80. The van der Waals surface area contributed by atoms with E-state index in [9.17, 15) is 4.79 Å². The maximum absolute atomic E-state index is 10.7. The molecule has 0 aromatic rings. The molecule has 2 unspecified atom stereocenters. The van der Waals surface area contributed by atoms with Gasteiger partial charge in [-0.05, 0) is 40.8 Å². The molecule has 3 nitrogen and oxygen atoms in total. The Balaban J connectivity index is 3.57. The standard InChI is InChI=1S/C10H22N2O/c1-8(11-10(3)13)6-7-9(2)12(4)5/h8-9H,6-7H2,1-5H3,(H,11,13). The number of carbonyl (C=O) groups excluding carboxylic acids is 1. The summed E-state index contributed by atoms with van der Waals surface area (Å²) in [5.74, 6) is 0.0602. The van der Waals surface area contributed by atoms with E-state index in [4.69, 9.17) is 0 Å². The molecule has 13 heavy (non-hydrogen) atoms. The molecule has 0 saturated heterocycles. The summed E-state index contributed by atoms with van der Waals surface area (Å²) < 4.78 is 0. The van der Waals surface area contributed by atoms with Gasteiger partial charge in [0, 0.05) is 19.0 Å². The molecular formula is C10H22N2O. The third kappa shape index (κ3) is 6.58. The molecule has 3 heteroatoms. The normalized spacial score (nSPS) is 15.5. The summed E-state index contributed by atoms with van der Waals surface area (Å²) in [5.41, 5.74) is 0. The summed E-state index contributed by atoms with van der Waals surface area (Å²) in [6.07, 6.45) is 2.16. The van der Waals surface area contributed by atoms with Gasteiger partial charge in [0.25, 0.3) is 0 Å². The van der Waals surface area contributed by atoms with Crippen LogP contribution in [0.3, 0.4) is 0 Å². The van der Waals surface area contributed by atoms with Crippen LogP contribution >= 0.6 is 0 Å². The molecule has 0 heterocycles. The van der Waals surface area contributed by atoms with Gasteiger partial charge in [-0.25, -0.2) is 0 Å². The maximum Gasteiger partial charge on any atom is 0.217 e. The number of amides is 1. The molecule has 2 atom stereocenters. The smallest absolute Gasteiger partial charge is 0.217 e. The van der Waals surface area contributed by atoms with Crippen molar-refractivity contribution >= 4 is 5.91 Å². The van der Waals surface area contributed by atoms with Gasteiger partial charge in [-0.3, -0.25) is 4.79 Å². The van der Waals surface area contributed by atoms with Gasteiger partial charge in [0.05, 0.1) is 0 Å². The topological polar surface area (TPSA) is 32.3 Å². The molecule has 0 aliphatic rings. The monoisotopic (exact) mass is 186 g/mol. The first kappa shape index (κ1) is 12.4. The third-order valence-electron chi connectivity index (χ3n) is 2.35. The second kappa shape index (κ2) is 5.97. The number of nitrogens with zero attached hydrogens (tertiary/aromatic N) is 1. The van der Waals surface area contributed by atoms with Gasteiger partial charge in [0.15, 0.2) is 0 Å². The van der Waals surface area contributed by atoms with E-state index in [1.165, 1.54) is 0 Å². The van der Waals surface area contributed by atoms with Crippen LogP contribution in [0.15, 0.2) is 0 Å². The molecule has 0 aromatic heterocycles. The fraction of sp³-hybridized carbons (Fsp3) is 0.900. The Hall–Kier alpha value is -0.570. The van der Waals surface area contributed by atoms with E-state index < -0.39 is 0 Å². The zero-order valence-electron chi connectivity index (χ0n) is 9.42. The summed E-state index contributed by atoms with van der Waals surface area (Å²) in [4.78, 5) is 12.9. The third-order valence-corrected chi connectivity index (χ3v) is 2.35. The molecule has 0 aliphatic carbocycles. The van der Waals surface area contributed by atoms with Gasteiger partial charge in [-0.2, -0.15) is 0 Å². The predicted octanol–water partition coefficient (Wildman–Crippen LogP) is 1.24. The van der Waals surface area contributed by atoms with E-state index in [-0.39, 0.29) is 5.91 Å². The molecule has 78 valence electrons. The lowest BCUT2D eigenvalue weighted by atomic mass is 10.1. The van der Waals surface area contributed by atoms with Crippen molar-refractivity contribution in [1.29, 1.82) is 0 Å². The van der Waals surface area contributed by atoms with Crippen LogP contribution in [-0.4, -0.2) is 37.0 Å². The van der Waals surface area contributed by atoms with Crippen molar-refractivity contribution < 1.29 is 4.79 Å². The minimum atomic E-state index is 0.0602. The van der Waals surface area contributed by atoms with Gasteiger partial charge in [0.1, 0.15) is 0 Å². The molecule has 0 radical (unpaired) electrons. The largest absolute Gasteiger partial charge is 0.354 e. The fourth-order valence-corrected chi connectivity index (χ4v) is 1.17. The molecule has 0 rings (SSSR count). The molecule has 0 aromatic carbocycles. The number of hydrogen-bond donors (Lipinski definition) is 1. The van der Waals surface area contributed by atoms with Crippen LogP contribution in [0.1, 0.15) is 33.6 Å². The molecule has 1 amide bonds. The highest BCUT2D eigenvalue weighted by Gasteiger charge is 2.08. The quantitative estimate of drug-likeness (QED) is 0.700. The Kier molecular flexibility index (Phi) is 5.71. The Labute approximate surface area is 81.5 Å². The van der Waals surface area contributed by atoms with E-state index in [2.05, 4.69) is 31.2 Å². The zero-order valence-corrected chi connectivity index (χ0v) is 9.42. The Morgan fingerprint density at radius 3 is 2.23 bits per heavy atom. The van der Waals surface area contributed by atoms with Crippen LogP contribution in [0.5, 0.6) is 0 Å². The summed E-state index contributed by atoms with van der Waals surface area (Å²) in [5, 5.41) is 2.88. The van der Waals surface area contributed by atoms with Crippen LogP contribution < -0.4 is 5.32 Å². The number of hydrogen-bond acceptors (Lipinski definition) is 2. The van der Waals surface area contributed by atoms with E-state index in [0.717, 1.165) is 12.8 Å². The number of nitrogens with one attached hydrogen (secondary N) is 1. The van der Waals surface area contributed by atoms with E-state index >= 15 is 0 Å². The van der Waals surface area contributed by atoms with Crippen LogP contribution in [-0.2, 0) is 4.79 Å². The van der Waals surface area contributed by atoms with Gasteiger partial charge in [0.2, 0.25) is 5.91 Å². The molecule has 0 bridgehead atoms. The molecule has 1 N–H and O–H groups in total. The molecule has 0 saturated carbocycles. The highest BCUT2D eigenvalue weighted by Crippen LogP contribution is 2.04. The van der Waals surface area contributed by atoms with Crippen LogP contribution in [0.4, 0.5) is 0 Å². The van der Waals surface area contributed by atoms with Gasteiger partial charge < -0.3 is 10.2 Å². The highest BCUT2D eigenvalue weighted by atomic mass is 16.1. The molecule has 0 spiro atoms. The van der Waals surface area contributed by atoms with Crippen LogP contribution in [0.25, 0.3) is 0 Å². The lowest BCUT2D eigenvalue weighted by Crippen LogP contribution is -2.32. The average Bonchev–Trinajstić information content (AvgIpc) is 1.98. The molecular weight excluding hydrogens is 164 g/mol. The second-order valence-electron chi connectivity index (χ2n) is 3.99. The van der Waals surface area contributed by atoms with E-state index in [1.54, 1.807) is 6.92 Å². The van der Waals surface area contributed by atoms with Crippen molar-refractivity contribution in [3.05, 3.63) is 0 Å². The second-order valence-corrected chi connectivity index (χ2v) is 3.99. The first-order valence-electron chi connectivity index (χ1n) is 4.87. The zero-order chi connectivity index (χ0) is 10.4. The van der Waals surface area contributed by atoms with Crippen molar-refractivity contribution in [3.8, 4) is 0 Å². The lowest BCUT2D eigenvalue weighted by molar-refractivity contribution is -0.119. The summed E-state index contributed by atoms with van der Waals surface area (Å²) in [7, 11) is 4.15. The SMILES string of the molecule is CC(=O)NC(C)CCC(C)N(C)C. The Bertz CT molecular complexity index is 157. The van der Waals surface area contributed by atoms with Crippen molar-refractivity contribution in [1.82, 2.24) is 10.2 Å². The summed E-state index contributed by atoms with van der Waals surface area (Å²) >= 11 is 0. The minimum Gasteiger partial charge on any atom is -0.354 e. The van der Waals surface area contributed by atoms with E-state index in [1.807, 2.05) is 6.92 Å². The van der Waals surface area contributed by atoms with Crippen molar-refractivity contribution in [2.45, 2.75) is 45.7 Å². The molecule has 0 aliphatic heterocycles. The van der Waals surface area contributed by atoms with Crippen molar-refractivity contribution in [3.63, 3.8) is 0 Å². The van der Waals surface area contributed by atoms with E-state index in [0.29, 0.717) is 12.1 Å². The van der Waals surface area contributed by atoms with Gasteiger partial charge >= 0.3 is 0 Å². The average molecular weight is 186 g/mol. The van der Waals surface area contributed by atoms with Crippen molar-refractivity contribution in [2.75, 3.05) is 14.1 Å². The first-order chi connectivity index (χ1) is 5.93. The minimum absolute atomic E-state index is 0.0602. The van der Waals surface area contributed by atoms with Gasteiger partial charge in [-0.15, -0.1) is 0 Å². The van der Waals surface area contributed by atoms with Gasteiger partial charge in [-0.1, -0.05) is 0 Å². The van der Waals surface area contributed by atoms with Crippen LogP contribution in [0.2, 0.25) is 0 Å². The predicted molar refractivity (Wildman–Crippen MR) is 55.7 cm³/mol. The first-order valence-corrected chi connectivity index (χ1v) is 4.87.